The normalized spacial score (nSPS) is 12.8. The van der Waals surface area contributed by atoms with Crippen molar-refractivity contribution >= 4 is 0 Å². The first-order valence-corrected chi connectivity index (χ1v) is 6.84. The summed E-state index contributed by atoms with van der Waals surface area (Å²) in [6, 6.07) is 4.58. The van der Waals surface area contributed by atoms with E-state index >= 15 is 0 Å². The zero-order valence-corrected chi connectivity index (χ0v) is 12.2. The molecule has 2 aromatic rings. The molecule has 104 valence electrons. The average Bonchev–Trinajstić information content (AvgIpc) is 2.97. The molecule has 0 spiro atoms. The molecule has 2 heterocycles. The lowest BCUT2D eigenvalue weighted by atomic mass is 10.1. The van der Waals surface area contributed by atoms with E-state index in [2.05, 4.69) is 39.3 Å². The topological polar surface area (TPSA) is 47.7 Å². The van der Waals surface area contributed by atoms with Crippen LogP contribution in [0.1, 0.15) is 36.5 Å². The Hall–Kier alpha value is -1.62. The summed E-state index contributed by atoms with van der Waals surface area (Å²) in [6.07, 6.45) is 3.90. The zero-order chi connectivity index (χ0) is 13.8. The van der Waals surface area contributed by atoms with E-state index in [0.717, 1.165) is 25.1 Å². The van der Waals surface area contributed by atoms with Gasteiger partial charge in [-0.1, -0.05) is 0 Å². The van der Waals surface area contributed by atoms with Gasteiger partial charge in [0.05, 0.1) is 11.4 Å². The third-order valence-corrected chi connectivity index (χ3v) is 3.55. The molecule has 5 heteroatoms. The van der Waals surface area contributed by atoms with Gasteiger partial charge in [0.2, 0.25) is 0 Å². The summed E-state index contributed by atoms with van der Waals surface area (Å²) >= 11 is 0. The van der Waals surface area contributed by atoms with Gasteiger partial charge in [-0.25, -0.2) is 0 Å². The fourth-order valence-electron chi connectivity index (χ4n) is 2.48. The van der Waals surface area contributed by atoms with E-state index in [1.807, 2.05) is 31.9 Å². The van der Waals surface area contributed by atoms with Gasteiger partial charge in [0.25, 0.3) is 0 Å². The lowest BCUT2D eigenvalue weighted by Crippen LogP contribution is -2.21. The molecule has 2 aromatic heterocycles. The standard InChI is InChI=1S/C14H23N5/c1-5-19-14(10-11(2)17-19)13(15-3)7-6-12-8-9-16-18(12)4/h8-10,13,15H,5-7H2,1-4H3. The van der Waals surface area contributed by atoms with Crippen molar-refractivity contribution in [1.82, 2.24) is 24.9 Å². The molecule has 1 unspecified atom stereocenters. The van der Waals surface area contributed by atoms with Gasteiger partial charge in [-0.15, -0.1) is 0 Å². The first-order valence-electron chi connectivity index (χ1n) is 6.84. The molecule has 1 N–H and O–H groups in total. The number of aryl methyl sites for hydroxylation is 4. The second-order valence-corrected chi connectivity index (χ2v) is 4.85. The number of rotatable bonds is 6. The molecule has 0 bridgehead atoms. The number of nitrogens with zero attached hydrogens (tertiary/aromatic N) is 4. The van der Waals surface area contributed by atoms with Crippen molar-refractivity contribution in [3.63, 3.8) is 0 Å². The van der Waals surface area contributed by atoms with E-state index in [1.54, 1.807) is 0 Å². The molecule has 2 rings (SSSR count). The molecule has 1 atom stereocenters. The first kappa shape index (κ1) is 13.8. The van der Waals surface area contributed by atoms with Crippen molar-refractivity contribution in [3.05, 3.63) is 35.4 Å². The number of aromatic nitrogens is 4. The van der Waals surface area contributed by atoms with Crippen LogP contribution in [-0.4, -0.2) is 26.6 Å². The van der Waals surface area contributed by atoms with E-state index in [4.69, 9.17) is 0 Å². The predicted octanol–water partition coefficient (Wildman–Crippen LogP) is 1.84. The van der Waals surface area contributed by atoms with Crippen LogP contribution in [0.25, 0.3) is 0 Å². The third kappa shape index (κ3) is 3.04. The van der Waals surface area contributed by atoms with Gasteiger partial charge >= 0.3 is 0 Å². The number of hydrogen-bond donors (Lipinski definition) is 1. The fourth-order valence-corrected chi connectivity index (χ4v) is 2.48. The van der Waals surface area contributed by atoms with Crippen molar-refractivity contribution in [2.75, 3.05) is 7.05 Å². The quantitative estimate of drug-likeness (QED) is 0.863. The maximum Gasteiger partial charge on any atom is 0.0597 e. The predicted molar refractivity (Wildman–Crippen MR) is 76.0 cm³/mol. The Morgan fingerprint density at radius 2 is 2.21 bits per heavy atom. The lowest BCUT2D eigenvalue weighted by molar-refractivity contribution is 0.482. The minimum atomic E-state index is 0.330. The van der Waals surface area contributed by atoms with Crippen LogP contribution in [0.15, 0.2) is 18.3 Å². The summed E-state index contributed by atoms with van der Waals surface area (Å²) in [7, 11) is 4.00. The summed E-state index contributed by atoms with van der Waals surface area (Å²) in [5.41, 5.74) is 3.61. The molecular weight excluding hydrogens is 238 g/mol. The minimum Gasteiger partial charge on any atom is -0.312 e. The Labute approximate surface area is 114 Å². The van der Waals surface area contributed by atoms with Crippen LogP contribution in [0.2, 0.25) is 0 Å². The van der Waals surface area contributed by atoms with Crippen LogP contribution in [0, 0.1) is 6.92 Å². The highest BCUT2D eigenvalue weighted by Crippen LogP contribution is 2.20. The monoisotopic (exact) mass is 261 g/mol. The van der Waals surface area contributed by atoms with Crippen LogP contribution in [0.4, 0.5) is 0 Å². The van der Waals surface area contributed by atoms with E-state index < -0.39 is 0 Å². The third-order valence-electron chi connectivity index (χ3n) is 3.55. The van der Waals surface area contributed by atoms with Crippen LogP contribution in [0.3, 0.4) is 0 Å². The van der Waals surface area contributed by atoms with E-state index in [1.165, 1.54) is 11.4 Å². The molecule has 19 heavy (non-hydrogen) atoms. The van der Waals surface area contributed by atoms with Crippen LogP contribution in [-0.2, 0) is 20.0 Å². The van der Waals surface area contributed by atoms with Crippen LogP contribution in [0.5, 0.6) is 0 Å². The van der Waals surface area contributed by atoms with Gasteiger partial charge in [0.1, 0.15) is 0 Å². The Kier molecular flexibility index (Phi) is 4.37. The Bertz CT molecular complexity index is 526. The highest BCUT2D eigenvalue weighted by atomic mass is 15.3. The summed E-state index contributed by atoms with van der Waals surface area (Å²) in [6.45, 7) is 5.08. The summed E-state index contributed by atoms with van der Waals surface area (Å²) < 4.78 is 4.02. The largest absolute Gasteiger partial charge is 0.312 e. The van der Waals surface area contributed by atoms with E-state index in [0.29, 0.717) is 6.04 Å². The van der Waals surface area contributed by atoms with Crippen molar-refractivity contribution in [2.24, 2.45) is 7.05 Å². The Morgan fingerprint density at radius 3 is 2.79 bits per heavy atom. The maximum absolute atomic E-state index is 4.52. The van der Waals surface area contributed by atoms with E-state index in [9.17, 15) is 0 Å². The summed E-state index contributed by atoms with van der Waals surface area (Å²) in [5.74, 6) is 0. The second kappa shape index (κ2) is 6.02. The van der Waals surface area contributed by atoms with Gasteiger partial charge in [-0.3, -0.25) is 9.36 Å². The van der Waals surface area contributed by atoms with Crippen LogP contribution < -0.4 is 5.32 Å². The van der Waals surface area contributed by atoms with Gasteiger partial charge < -0.3 is 5.32 Å². The number of nitrogens with one attached hydrogen (secondary N) is 1. The van der Waals surface area contributed by atoms with Gasteiger partial charge in [0.15, 0.2) is 0 Å². The highest BCUT2D eigenvalue weighted by molar-refractivity contribution is 5.14. The molecule has 0 amide bonds. The van der Waals surface area contributed by atoms with E-state index in [-0.39, 0.29) is 0 Å². The molecule has 0 aliphatic rings. The molecule has 0 saturated heterocycles. The van der Waals surface area contributed by atoms with Gasteiger partial charge in [-0.05, 0) is 45.9 Å². The van der Waals surface area contributed by atoms with Gasteiger partial charge in [0, 0.05) is 31.5 Å². The molecule has 0 saturated carbocycles. The minimum absolute atomic E-state index is 0.330. The molecule has 0 aliphatic heterocycles. The molecule has 5 nitrogen and oxygen atoms in total. The smallest absolute Gasteiger partial charge is 0.0597 e. The van der Waals surface area contributed by atoms with Crippen molar-refractivity contribution in [3.8, 4) is 0 Å². The Morgan fingerprint density at radius 1 is 1.42 bits per heavy atom. The Balaban J connectivity index is 2.09. The highest BCUT2D eigenvalue weighted by Gasteiger charge is 2.15. The molecule has 0 radical (unpaired) electrons. The first-order chi connectivity index (χ1) is 9.15. The SMILES string of the molecule is CCn1nc(C)cc1C(CCc1ccnn1C)NC. The summed E-state index contributed by atoms with van der Waals surface area (Å²) in [4.78, 5) is 0. The number of hydrogen-bond acceptors (Lipinski definition) is 3. The van der Waals surface area contributed by atoms with Crippen molar-refractivity contribution < 1.29 is 0 Å². The van der Waals surface area contributed by atoms with Crippen molar-refractivity contribution in [2.45, 2.75) is 39.3 Å². The lowest BCUT2D eigenvalue weighted by Gasteiger charge is -2.17. The fraction of sp³-hybridized carbons (Fsp3) is 0.571. The molecule has 0 fully saturated rings. The second-order valence-electron chi connectivity index (χ2n) is 4.85. The molecular formula is C14H23N5. The summed E-state index contributed by atoms with van der Waals surface area (Å²) in [5, 5.41) is 12.1. The van der Waals surface area contributed by atoms with Crippen LogP contribution >= 0.6 is 0 Å². The average molecular weight is 261 g/mol. The van der Waals surface area contributed by atoms with Crippen molar-refractivity contribution in [1.29, 1.82) is 0 Å². The zero-order valence-electron chi connectivity index (χ0n) is 12.2. The molecule has 0 aromatic carbocycles. The van der Waals surface area contributed by atoms with Gasteiger partial charge in [-0.2, -0.15) is 10.2 Å². The maximum atomic E-state index is 4.52. The molecule has 0 aliphatic carbocycles.